The first kappa shape index (κ1) is 28.7. The maximum Gasteiger partial charge on any atom is 0.238 e. The molecule has 0 bridgehead atoms. The zero-order valence-corrected chi connectivity index (χ0v) is 22.6. The molecule has 1 fully saturated rings. The first-order valence-corrected chi connectivity index (χ1v) is 13.9. The molecule has 208 valence electrons. The van der Waals surface area contributed by atoms with Gasteiger partial charge in [-0.25, -0.2) is 4.39 Å². The molecule has 4 rings (SSSR count). The van der Waals surface area contributed by atoms with Crippen LogP contribution in [0.1, 0.15) is 64.4 Å². The molecular weight excluding hydrogens is 497 g/mol. The standard InChI is InChI=1S/C32H38FNO5/c1-3-8-20(16-21-13-14-27(36)26(33)17-21)12-15-28(37)29-22(9-4-2)18-24-30(25(29)19-35)32(39)34(31(24)38)23-10-6-5-7-11-23/h5-7,10-11,13-14,16-17,24-25,28,30,35-37H,3-4,8-9,12,15,18-19H2,1-2H3/b20-16+/t24-,25+,28-,30-/m1/s1. The molecule has 4 atom stereocenters. The van der Waals surface area contributed by atoms with Gasteiger partial charge in [0.05, 0.1) is 30.2 Å². The number of hydrogen-bond donors (Lipinski definition) is 3. The van der Waals surface area contributed by atoms with Gasteiger partial charge in [0.2, 0.25) is 11.8 Å². The third-order valence-electron chi connectivity index (χ3n) is 7.96. The Bertz CT molecular complexity index is 1250. The van der Waals surface area contributed by atoms with E-state index < -0.39 is 35.4 Å². The lowest BCUT2D eigenvalue weighted by Crippen LogP contribution is -2.39. The molecule has 0 spiro atoms. The van der Waals surface area contributed by atoms with E-state index >= 15 is 0 Å². The number of benzene rings is 2. The van der Waals surface area contributed by atoms with Gasteiger partial charge in [0.1, 0.15) is 0 Å². The van der Waals surface area contributed by atoms with Crippen LogP contribution in [-0.2, 0) is 9.59 Å². The predicted octanol–water partition coefficient (Wildman–Crippen LogP) is 5.77. The highest BCUT2D eigenvalue weighted by Crippen LogP contribution is 2.48. The van der Waals surface area contributed by atoms with Crippen LogP contribution in [0.25, 0.3) is 6.08 Å². The van der Waals surface area contributed by atoms with Crippen LogP contribution < -0.4 is 4.90 Å². The zero-order chi connectivity index (χ0) is 28.1. The van der Waals surface area contributed by atoms with Crippen molar-refractivity contribution in [1.29, 1.82) is 0 Å². The van der Waals surface area contributed by atoms with Crippen LogP contribution in [0.2, 0.25) is 0 Å². The second-order valence-electron chi connectivity index (χ2n) is 10.6. The van der Waals surface area contributed by atoms with E-state index in [9.17, 15) is 29.3 Å². The number of allylic oxidation sites excluding steroid dienone is 2. The molecule has 2 amide bonds. The maximum absolute atomic E-state index is 13.9. The van der Waals surface area contributed by atoms with Gasteiger partial charge >= 0.3 is 0 Å². The predicted molar refractivity (Wildman–Crippen MR) is 149 cm³/mol. The van der Waals surface area contributed by atoms with E-state index in [1.165, 1.54) is 17.0 Å². The van der Waals surface area contributed by atoms with Gasteiger partial charge in [-0.15, -0.1) is 0 Å². The summed E-state index contributed by atoms with van der Waals surface area (Å²) in [4.78, 5) is 28.3. The minimum Gasteiger partial charge on any atom is -0.505 e. The lowest BCUT2D eigenvalue weighted by molar-refractivity contribution is -0.123. The molecule has 0 unspecified atom stereocenters. The van der Waals surface area contributed by atoms with E-state index in [-0.39, 0.29) is 18.4 Å². The molecule has 3 N–H and O–H groups in total. The highest BCUT2D eigenvalue weighted by molar-refractivity contribution is 6.22. The third-order valence-corrected chi connectivity index (χ3v) is 7.96. The number of phenols is 1. The lowest BCUT2D eigenvalue weighted by Gasteiger charge is -2.36. The van der Waals surface area contributed by atoms with Gasteiger partial charge in [-0.05, 0) is 67.5 Å². The van der Waals surface area contributed by atoms with E-state index in [2.05, 4.69) is 0 Å². The smallest absolute Gasteiger partial charge is 0.238 e. The number of anilines is 1. The summed E-state index contributed by atoms with van der Waals surface area (Å²) in [5.74, 6) is -3.54. The number of imide groups is 1. The minimum absolute atomic E-state index is 0.244. The van der Waals surface area contributed by atoms with Gasteiger partial charge in [-0.1, -0.05) is 68.2 Å². The number of rotatable bonds is 11. The van der Waals surface area contributed by atoms with E-state index in [0.717, 1.165) is 30.4 Å². The molecule has 1 saturated heterocycles. The second kappa shape index (κ2) is 12.7. The lowest BCUT2D eigenvalue weighted by atomic mass is 9.67. The van der Waals surface area contributed by atoms with E-state index in [1.807, 2.05) is 26.0 Å². The van der Waals surface area contributed by atoms with Gasteiger partial charge in [-0.3, -0.25) is 14.5 Å². The van der Waals surface area contributed by atoms with Crippen molar-refractivity contribution in [3.05, 3.63) is 76.6 Å². The number of aliphatic hydroxyl groups excluding tert-OH is 2. The fraction of sp³-hybridized carbons (Fsp3) is 0.438. The highest BCUT2D eigenvalue weighted by Gasteiger charge is 2.55. The Morgan fingerprint density at radius 1 is 1.08 bits per heavy atom. The number of carbonyl (C=O) groups is 2. The van der Waals surface area contributed by atoms with Crippen LogP contribution in [0, 0.1) is 23.6 Å². The Hall–Kier alpha value is -3.29. The summed E-state index contributed by atoms with van der Waals surface area (Å²) in [6.07, 6.45) is 5.49. The number of aliphatic hydroxyl groups is 2. The van der Waals surface area contributed by atoms with Crippen molar-refractivity contribution < 1.29 is 29.3 Å². The molecule has 0 radical (unpaired) electrons. The number of amides is 2. The Labute approximate surface area is 229 Å². The van der Waals surface area contributed by atoms with Gasteiger partial charge in [0.25, 0.3) is 0 Å². The van der Waals surface area contributed by atoms with Crippen molar-refractivity contribution in [2.75, 3.05) is 11.5 Å². The number of nitrogens with zero attached hydrogens (tertiary/aromatic N) is 1. The number of para-hydroxylation sites is 1. The third kappa shape index (κ3) is 5.99. The number of fused-ring (bicyclic) bond motifs is 1. The second-order valence-corrected chi connectivity index (χ2v) is 10.6. The molecule has 0 saturated carbocycles. The molecule has 2 aromatic rings. The van der Waals surface area contributed by atoms with Crippen molar-refractivity contribution >= 4 is 23.6 Å². The fourth-order valence-corrected chi connectivity index (χ4v) is 6.25. The van der Waals surface area contributed by atoms with Gasteiger partial charge in [0.15, 0.2) is 11.6 Å². The Morgan fingerprint density at radius 2 is 1.82 bits per heavy atom. The van der Waals surface area contributed by atoms with Gasteiger partial charge in [-0.2, -0.15) is 0 Å². The largest absolute Gasteiger partial charge is 0.505 e. The molecule has 2 aliphatic rings. The summed E-state index contributed by atoms with van der Waals surface area (Å²) < 4.78 is 13.9. The zero-order valence-electron chi connectivity index (χ0n) is 22.6. The van der Waals surface area contributed by atoms with Crippen LogP contribution >= 0.6 is 0 Å². The normalized spacial score (nSPS) is 22.4. The molecule has 39 heavy (non-hydrogen) atoms. The van der Waals surface area contributed by atoms with Crippen LogP contribution in [0.4, 0.5) is 10.1 Å². The molecule has 2 aromatic carbocycles. The molecule has 1 aliphatic heterocycles. The molecule has 1 aliphatic carbocycles. The Morgan fingerprint density at radius 3 is 2.46 bits per heavy atom. The summed E-state index contributed by atoms with van der Waals surface area (Å²) in [5.41, 5.74) is 3.86. The van der Waals surface area contributed by atoms with Crippen LogP contribution in [-0.4, -0.2) is 39.8 Å². The van der Waals surface area contributed by atoms with Crippen LogP contribution in [0.15, 0.2) is 65.3 Å². The molecule has 0 aromatic heterocycles. The van der Waals surface area contributed by atoms with Crippen molar-refractivity contribution in [3.63, 3.8) is 0 Å². The van der Waals surface area contributed by atoms with Crippen molar-refractivity contribution in [2.45, 2.75) is 64.9 Å². The Kier molecular flexibility index (Phi) is 9.36. The average molecular weight is 536 g/mol. The van der Waals surface area contributed by atoms with E-state index in [1.54, 1.807) is 30.3 Å². The number of phenolic OH excluding ortho intramolecular Hbond substituents is 1. The van der Waals surface area contributed by atoms with Crippen molar-refractivity contribution in [2.24, 2.45) is 17.8 Å². The Balaban J connectivity index is 1.60. The summed E-state index contributed by atoms with van der Waals surface area (Å²) in [7, 11) is 0. The van der Waals surface area contributed by atoms with Gasteiger partial charge < -0.3 is 15.3 Å². The number of aromatic hydroxyl groups is 1. The monoisotopic (exact) mass is 535 g/mol. The van der Waals surface area contributed by atoms with Crippen LogP contribution in [0.5, 0.6) is 5.75 Å². The average Bonchev–Trinajstić information content (AvgIpc) is 3.18. The van der Waals surface area contributed by atoms with Crippen molar-refractivity contribution in [3.8, 4) is 5.75 Å². The highest BCUT2D eigenvalue weighted by atomic mass is 19.1. The topological polar surface area (TPSA) is 98.1 Å². The number of halogens is 1. The van der Waals surface area contributed by atoms with Crippen molar-refractivity contribution in [1.82, 2.24) is 0 Å². The maximum atomic E-state index is 13.9. The summed E-state index contributed by atoms with van der Waals surface area (Å²) in [5, 5.41) is 31.5. The molecule has 6 nitrogen and oxygen atoms in total. The van der Waals surface area contributed by atoms with E-state index in [4.69, 9.17) is 0 Å². The summed E-state index contributed by atoms with van der Waals surface area (Å²) >= 11 is 0. The number of carbonyl (C=O) groups excluding carboxylic acids is 2. The summed E-state index contributed by atoms with van der Waals surface area (Å²) in [6.45, 7) is 3.76. The molecule has 1 heterocycles. The fourth-order valence-electron chi connectivity index (χ4n) is 6.25. The van der Waals surface area contributed by atoms with Gasteiger partial charge in [0, 0.05) is 5.92 Å². The number of hydrogen-bond acceptors (Lipinski definition) is 5. The first-order chi connectivity index (χ1) is 18.8. The van der Waals surface area contributed by atoms with Crippen LogP contribution in [0.3, 0.4) is 0 Å². The quantitative estimate of drug-likeness (QED) is 0.251. The first-order valence-electron chi connectivity index (χ1n) is 13.9. The molecule has 7 heteroatoms. The molecular formula is C32H38FNO5. The summed E-state index contributed by atoms with van der Waals surface area (Å²) in [6, 6.07) is 13.1. The minimum atomic E-state index is -0.880. The van der Waals surface area contributed by atoms with E-state index in [0.29, 0.717) is 42.5 Å². The SMILES string of the molecule is CCCC1=C([C@H](O)CC/C(=C/c2ccc(O)c(F)c2)CCC)[C@H](CO)[C@@H]2C(=O)N(c3ccccc3)C(=O)[C@@H]2C1.